The second kappa shape index (κ2) is 4.48. The van der Waals surface area contributed by atoms with Gasteiger partial charge in [0.1, 0.15) is 17.0 Å². The fourth-order valence-corrected chi connectivity index (χ4v) is 3.48. The summed E-state index contributed by atoms with van der Waals surface area (Å²) >= 11 is 1.71. The molecule has 1 saturated heterocycles. The van der Waals surface area contributed by atoms with Crippen LogP contribution in [0.5, 0.6) is 0 Å². The summed E-state index contributed by atoms with van der Waals surface area (Å²) in [5, 5.41) is 3.41. The van der Waals surface area contributed by atoms with Gasteiger partial charge in [-0.3, -0.25) is 0 Å². The van der Waals surface area contributed by atoms with Crippen molar-refractivity contribution in [2.45, 2.75) is 19.4 Å². The van der Waals surface area contributed by atoms with E-state index in [0.717, 1.165) is 23.7 Å². The number of nitrogens with zero attached hydrogens (tertiary/aromatic N) is 4. The number of aromatic nitrogens is 2. The summed E-state index contributed by atoms with van der Waals surface area (Å²) in [7, 11) is 4.30. The molecule has 0 radical (unpaired) electrons. The minimum atomic E-state index is 0.633. The van der Waals surface area contributed by atoms with Gasteiger partial charge in [0, 0.05) is 19.1 Å². The molecule has 0 N–H and O–H groups in total. The molecule has 4 nitrogen and oxygen atoms in total. The second-order valence-corrected chi connectivity index (χ2v) is 6.01. The monoisotopic (exact) mass is 262 g/mol. The quantitative estimate of drug-likeness (QED) is 0.830. The summed E-state index contributed by atoms with van der Waals surface area (Å²) in [5.41, 5.74) is 1.29. The lowest BCUT2D eigenvalue weighted by Crippen LogP contribution is -2.31. The van der Waals surface area contributed by atoms with Gasteiger partial charge in [-0.1, -0.05) is 0 Å². The molecule has 0 aromatic carbocycles. The van der Waals surface area contributed by atoms with Gasteiger partial charge in [0.15, 0.2) is 0 Å². The van der Waals surface area contributed by atoms with Crippen LogP contribution < -0.4 is 4.90 Å². The van der Waals surface area contributed by atoms with Crippen molar-refractivity contribution in [1.82, 2.24) is 14.9 Å². The highest BCUT2D eigenvalue weighted by Gasteiger charge is 2.26. The molecule has 1 fully saturated rings. The largest absolute Gasteiger partial charge is 0.354 e. The Bertz CT molecular complexity index is 563. The Labute approximate surface area is 111 Å². The molecular formula is C13H18N4S. The van der Waals surface area contributed by atoms with Gasteiger partial charge in [0.05, 0.1) is 5.39 Å². The van der Waals surface area contributed by atoms with Gasteiger partial charge in [-0.2, -0.15) is 0 Å². The maximum Gasteiger partial charge on any atom is 0.141 e. The molecule has 0 aliphatic carbocycles. The topological polar surface area (TPSA) is 32.3 Å². The van der Waals surface area contributed by atoms with E-state index >= 15 is 0 Å². The van der Waals surface area contributed by atoms with E-state index in [-0.39, 0.29) is 0 Å². The van der Waals surface area contributed by atoms with Crippen LogP contribution in [-0.2, 0) is 0 Å². The van der Waals surface area contributed by atoms with E-state index in [1.165, 1.54) is 17.4 Å². The Morgan fingerprint density at radius 1 is 1.39 bits per heavy atom. The van der Waals surface area contributed by atoms with Gasteiger partial charge in [0.25, 0.3) is 0 Å². The molecular weight excluding hydrogens is 244 g/mol. The molecule has 0 amide bonds. The average molecular weight is 262 g/mol. The number of hydrogen-bond acceptors (Lipinski definition) is 5. The van der Waals surface area contributed by atoms with Crippen LogP contribution in [0.4, 0.5) is 5.82 Å². The molecule has 2 aromatic rings. The number of aryl methyl sites for hydroxylation is 1. The second-order valence-electron chi connectivity index (χ2n) is 5.15. The first-order valence-corrected chi connectivity index (χ1v) is 7.15. The highest BCUT2D eigenvalue weighted by atomic mass is 32.1. The average Bonchev–Trinajstić information content (AvgIpc) is 2.96. The van der Waals surface area contributed by atoms with Crippen LogP contribution in [0.3, 0.4) is 0 Å². The van der Waals surface area contributed by atoms with E-state index in [1.54, 1.807) is 17.7 Å². The minimum absolute atomic E-state index is 0.633. The van der Waals surface area contributed by atoms with Gasteiger partial charge in [-0.25, -0.2) is 9.97 Å². The minimum Gasteiger partial charge on any atom is -0.354 e. The van der Waals surface area contributed by atoms with Crippen LogP contribution in [-0.4, -0.2) is 48.1 Å². The molecule has 2 aromatic heterocycles. The van der Waals surface area contributed by atoms with Crippen LogP contribution in [0.1, 0.15) is 12.0 Å². The number of fused-ring (bicyclic) bond motifs is 1. The van der Waals surface area contributed by atoms with Crippen molar-refractivity contribution in [2.75, 3.05) is 32.1 Å². The lowest BCUT2D eigenvalue weighted by atomic mass is 10.2. The van der Waals surface area contributed by atoms with Crippen LogP contribution in [0.2, 0.25) is 0 Å². The Kier molecular flexibility index (Phi) is 2.95. The summed E-state index contributed by atoms with van der Waals surface area (Å²) < 4.78 is 0. The van der Waals surface area contributed by atoms with E-state index in [2.05, 4.69) is 46.2 Å². The maximum atomic E-state index is 4.52. The third-order valence-electron chi connectivity index (χ3n) is 3.73. The molecule has 1 aliphatic rings. The standard InChI is InChI=1S/C13H18N4S/c1-9-7-18-13-11(9)12(14-8-15-13)17-5-4-10(6-17)16(2)3/h7-8,10H,4-6H2,1-3H3. The normalized spacial score (nSPS) is 20.2. The first-order chi connectivity index (χ1) is 8.66. The Balaban J connectivity index is 1.98. The predicted octanol–water partition coefficient (Wildman–Crippen LogP) is 2.14. The molecule has 18 heavy (non-hydrogen) atoms. The van der Waals surface area contributed by atoms with Gasteiger partial charge in [0.2, 0.25) is 0 Å². The Morgan fingerprint density at radius 3 is 2.94 bits per heavy atom. The molecule has 0 saturated carbocycles. The molecule has 1 atom stereocenters. The van der Waals surface area contributed by atoms with Crippen LogP contribution >= 0.6 is 11.3 Å². The van der Waals surface area contributed by atoms with Crippen molar-refractivity contribution >= 4 is 27.4 Å². The van der Waals surface area contributed by atoms with Crippen molar-refractivity contribution < 1.29 is 0 Å². The molecule has 0 spiro atoms. The lowest BCUT2D eigenvalue weighted by molar-refractivity contribution is 0.315. The van der Waals surface area contributed by atoms with E-state index < -0.39 is 0 Å². The van der Waals surface area contributed by atoms with Gasteiger partial charge in [-0.15, -0.1) is 11.3 Å². The number of thiophene rings is 1. The summed E-state index contributed by atoms with van der Waals surface area (Å²) in [6, 6.07) is 0.633. The summed E-state index contributed by atoms with van der Waals surface area (Å²) in [5.74, 6) is 1.11. The molecule has 1 unspecified atom stereocenters. The third kappa shape index (κ3) is 1.87. The van der Waals surface area contributed by atoms with Crippen molar-refractivity contribution in [2.24, 2.45) is 0 Å². The van der Waals surface area contributed by atoms with E-state index in [1.807, 2.05) is 0 Å². The molecule has 1 aliphatic heterocycles. The highest BCUT2D eigenvalue weighted by Crippen LogP contribution is 2.32. The fraction of sp³-hybridized carbons (Fsp3) is 0.538. The summed E-state index contributed by atoms with van der Waals surface area (Å²) in [6.07, 6.45) is 2.90. The first-order valence-electron chi connectivity index (χ1n) is 6.27. The maximum absolute atomic E-state index is 4.52. The van der Waals surface area contributed by atoms with Crippen molar-refractivity contribution in [3.63, 3.8) is 0 Å². The number of rotatable bonds is 2. The smallest absolute Gasteiger partial charge is 0.141 e. The molecule has 3 heterocycles. The van der Waals surface area contributed by atoms with Crippen molar-refractivity contribution in [3.8, 4) is 0 Å². The van der Waals surface area contributed by atoms with Gasteiger partial charge in [-0.05, 0) is 38.4 Å². The van der Waals surface area contributed by atoms with E-state index in [4.69, 9.17) is 0 Å². The SMILES string of the molecule is Cc1csc2ncnc(N3CCC(N(C)C)C3)c12. The molecule has 5 heteroatoms. The fourth-order valence-electron chi connectivity index (χ4n) is 2.59. The van der Waals surface area contributed by atoms with Gasteiger partial charge >= 0.3 is 0 Å². The van der Waals surface area contributed by atoms with Crippen molar-refractivity contribution in [3.05, 3.63) is 17.3 Å². The van der Waals surface area contributed by atoms with Crippen molar-refractivity contribution in [1.29, 1.82) is 0 Å². The highest BCUT2D eigenvalue weighted by molar-refractivity contribution is 7.17. The predicted molar refractivity (Wildman–Crippen MR) is 76.5 cm³/mol. The molecule has 3 rings (SSSR count). The van der Waals surface area contributed by atoms with E-state index in [9.17, 15) is 0 Å². The zero-order valence-corrected chi connectivity index (χ0v) is 11.9. The summed E-state index contributed by atoms with van der Waals surface area (Å²) in [6.45, 7) is 4.30. The van der Waals surface area contributed by atoms with Crippen LogP contribution in [0.15, 0.2) is 11.7 Å². The molecule has 96 valence electrons. The lowest BCUT2D eigenvalue weighted by Gasteiger charge is -2.21. The van der Waals surface area contributed by atoms with Crippen LogP contribution in [0.25, 0.3) is 10.2 Å². The summed E-state index contributed by atoms with van der Waals surface area (Å²) in [4.78, 5) is 14.7. The number of anilines is 1. The third-order valence-corrected chi connectivity index (χ3v) is 4.73. The number of hydrogen-bond donors (Lipinski definition) is 0. The Hall–Kier alpha value is -1.20. The Morgan fingerprint density at radius 2 is 2.22 bits per heavy atom. The van der Waals surface area contributed by atoms with Crippen LogP contribution in [0, 0.1) is 6.92 Å². The van der Waals surface area contributed by atoms with Gasteiger partial charge < -0.3 is 9.80 Å². The number of likely N-dealkylation sites (N-methyl/N-ethyl adjacent to an activating group) is 1. The first kappa shape index (κ1) is 11.9. The zero-order chi connectivity index (χ0) is 12.7. The van der Waals surface area contributed by atoms with E-state index in [0.29, 0.717) is 6.04 Å². The molecule has 0 bridgehead atoms. The zero-order valence-electron chi connectivity index (χ0n) is 11.1.